The van der Waals surface area contributed by atoms with Crippen molar-refractivity contribution in [2.45, 2.75) is 0 Å². The van der Waals surface area contributed by atoms with Gasteiger partial charge in [0, 0.05) is 24.8 Å². The van der Waals surface area contributed by atoms with Gasteiger partial charge in [-0.25, -0.2) is 9.37 Å². The fourth-order valence-electron chi connectivity index (χ4n) is 3.59. The minimum absolute atomic E-state index is 0.0885. The molecule has 0 unspecified atom stereocenters. The number of nitrogens with zero attached hydrogens (tertiary/aromatic N) is 2. The van der Waals surface area contributed by atoms with Gasteiger partial charge in [0.1, 0.15) is 23.2 Å². The topological polar surface area (TPSA) is 117 Å². The van der Waals surface area contributed by atoms with E-state index in [-0.39, 0.29) is 28.5 Å². The standard InChI is InChI=1S/C25H23ClFN5O4/c1-35-17-4-6-21(19(13-17)25(34)31-22-7-3-16(26)14-29-22)30-24(33)18-5-2-15(12-20(18)27)23(28)32-8-10-36-11-9-32/h2-7,12-14,28H,8-11H2,1H3,(H,30,33)(H,29,31,34). The van der Waals surface area contributed by atoms with Gasteiger partial charge in [-0.05, 0) is 42.5 Å². The average molecular weight is 512 g/mol. The van der Waals surface area contributed by atoms with Gasteiger partial charge in [-0.2, -0.15) is 0 Å². The van der Waals surface area contributed by atoms with Gasteiger partial charge in [-0.1, -0.05) is 17.7 Å². The van der Waals surface area contributed by atoms with Crippen LogP contribution in [-0.4, -0.2) is 60.9 Å². The highest BCUT2D eigenvalue weighted by Gasteiger charge is 2.21. The Morgan fingerprint density at radius 1 is 1.06 bits per heavy atom. The summed E-state index contributed by atoms with van der Waals surface area (Å²) in [7, 11) is 1.45. The zero-order chi connectivity index (χ0) is 25.7. The summed E-state index contributed by atoms with van der Waals surface area (Å²) in [6.45, 7) is 2.07. The van der Waals surface area contributed by atoms with Gasteiger partial charge < -0.3 is 25.0 Å². The van der Waals surface area contributed by atoms with E-state index in [0.29, 0.717) is 42.6 Å². The Hall–Kier alpha value is -4.02. The SMILES string of the molecule is COc1ccc(NC(=O)c2ccc(C(=N)N3CCOCC3)cc2F)c(C(=O)Nc2ccc(Cl)cn2)c1. The largest absolute Gasteiger partial charge is 0.497 e. The number of carbonyl (C=O) groups excluding carboxylic acids is 2. The Balaban J connectivity index is 1.54. The Bertz CT molecular complexity index is 1300. The number of morpholine rings is 1. The van der Waals surface area contributed by atoms with E-state index in [1.54, 1.807) is 17.0 Å². The minimum Gasteiger partial charge on any atom is -0.497 e. The summed E-state index contributed by atoms with van der Waals surface area (Å²) in [5.41, 5.74) is 0.364. The maximum atomic E-state index is 14.9. The van der Waals surface area contributed by atoms with Crippen LogP contribution in [-0.2, 0) is 4.74 Å². The molecule has 36 heavy (non-hydrogen) atoms. The summed E-state index contributed by atoms with van der Waals surface area (Å²) in [6.07, 6.45) is 1.39. The maximum Gasteiger partial charge on any atom is 0.259 e. The second kappa shape index (κ2) is 11.1. The number of hydrogen-bond donors (Lipinski definition) is 3. The number of carbonyl (C=O) groups is 2. The Morgan fingerprint density at radius 2 is 1.81 bits per heavy atom. The fourth-order valence-corrected chi connectivity index (χ4v) is 3.70. The molecule has 0 aliphatic carbocycles. The third-order valence-electron chi connectivity index (χ3n) is 5.50. The predicted octanol–water partition coefficient (Wildman–Crippen LogP) is 4.04. The van der Waals surface area contributed by atoms with E-state index in [1.165, 1.54) is 43.6 Å². The first-order valence-electron chi connectivity index (χ1n) is 11.0. The smallest absolute Gasteiger partial charge is 0.259 e. The lowest BCUT2D eigenvalue weighted by atomic mass is 10.1. The lowest BCUT2D eigenvalue weighted by Gasteiger charge is -2.29. The molecule has 1 aliphatic rings. The molecule has 4 rings (SSSR count). The lowest BCUT2D eigenvalue weighted by molar-refractivity contribution is 0.0680. The second-order valence-corrected chi connectivity index (χ2v) is 8.26. The minimum atomic E-state index is -0.784. The summed E-state index contributed by atoms with van der Waals surface area (Å²) in [4.78, 5) is 31.7. The summed E-state index contributed by atoms with van der Waals surface area (Å²) >= 11 is 5.84. The summed E-state index contributed by atoms with van der Waals surface area (Å²) in [5.74, 6) is -1.29. The van der Waals surface area contributed by atoms with Crippen molar-refractivity contribution < 1.29 is 23.5 Å². The predicted molar refractivity (Wildman–Crippen MR) is 134 cm³/mol. The number of ether oxygens (including phenoxy) is 2. The molecule has 0 bridgehead atoms. The number of benzene rings is 2. The number of amidine groups is 1. The van der Waals surface area contributed by atoms with Crippen molar-refractivity contribution in [3.05, 3.63) is 82.3 Å². The number of nitrogens with one attached hydrogen (secondary N) is 3. The molecule has 2 aromatic carbocycles. The van der Waals surface area contributed by atoms with Gasteiger partial charge in [-0.3, -0.25) is 15.0 Å². The number of pyridine rings is 1. The van der Waals surface area contributed by atoms with Gasteiger partial charge in [0.15, 0.2) is 0 Å². The van der Waals surface area contributed by atoms with Gasteiger partial charge in [0.25, 0.3) is 11.8 Å². The molecule has 1 fully saturated rings. The van der Waals surface area contributed by atoms with E-state index in [9.17, 15) is 14.0 Å². The van der Waals surface area contributed by atoms with E-state index in [2.05, 4.69) is 15.6 Å². The summed E-state index contributed by atoms with van der Waals surface area (Å²) in [6, 6.07) is 11.6. The van der Waals surface area contributed by atoms with E-state index >= 15 is 0 Å². The average Bonchev–Trinajstić information content (AvgIpc) is 2.90. The number of halogens is 2. The first-order chi connectivity index (χ1) is 17.4. The Labute approximate surface area is 211 Å². The van der Waals surface area contributed by atoms with Crippen molar-refractivity contribution in [1.29, 1.82) is 5.41 Å². The van der Waals surface area contributed by atoms with Crippen LogP contribution in [0.25, 0.3) is 0 Å². The molecule has 186 valence electrons. The number of amides is 2. The molecule has 9 nitrogen and oxygen atoms in total. The molecule has 3 N–H and O–H groups in total. The van der Waals surface area contributed by atoms with E-state index in [1.807, 2.05) is 0 Å². The first kappa shape index (κ1) is 25.1. The number of anilines is 2. The third kappa shape index (κ3) is 5.78. The molecule has 1 saturated heterocycles. The van der Waals surface area contributed by atoms with Crippen molar-refractivity contribution in [2.24, 2.45) is 0 Å². The molecule has 0 spiro atoms. The normalized spacial score (nSPS) is 13.1. The molecule has 0 radical (unpaired) electrons. The Morgan fingerprint density at radius 3 is 2.47 bits per heavy atom. The highest BCUT2D eigenvalue weighted by molar-refractivity contribution is 6.30. The molecule has 0 atom stereocenters. The molecular formula is C25H23ClFN5O4. The van der Waals surface area contributed by atoms with Crippen molar-refractivity contribution in [3.63, 3.8) is 0 Å². The monoisotopic (exact) mass is 511 g/mol. The van der Waals surface area contributed by atoms with Crippen LogP contribution in [0.1, 0.15) is 26.3 Å². The van der Waals surface area contributed by atoms with Crippen LogP contribution in [0.4, 0.5) is 15.9 Å². The zero-order valence-electron chi connectivity index (χ0n) is 19.3. The van der Waals surface area contributed by atoms with E-state index in [4.69, 9.17) is 26.5 Å². The van der Waals surface area contributed by atoms with E-state index < -0.39 is 17.6 Å². The van der Waals surface area contributed by atoms with Crippen molar-refractivity contribution in [2.75, 3.05) is 44.0 Å². The summed E-state index contributed by atoms with van der Waals surface area (Å²) in [5, 5.41) is 14.0. The van der Waals surface area contributed by atoms with Crippen LogP contribution in [0.3, 0.4) is 0 Å². The molecular weight excluding hydrogens is 489 g/mol. The maximum absolute atomic E-state index is 14.9. The third-order valence-corrected chi connectivity index (χ3v) is 5.73. The highest BCUT2D eigenvalue weighted by Crippen LogP contribution is 2.25. The molecule has 1 aromatic heterocycles. The van der Waals surface area contributed by atoms with E-state index in [0.717, 1.165) is 6.07 Å². The molecule has 0 saturated carbocycles. The molecule has 2 heterocycles. The molecule has 11 heteroatoms. The van der Waals surface area contributed by atoms with Crippen LogP contribution in [0.15, 0.2) is 54.7 Å². The molecule has 1 aliphatic heterocycles. The number of aromatic nitrogens is 1. The van der Waals surface area contributed by atoms with Crippen LogP contribution in [0.5, 0.6) is 5.75 Å². The Kier molecular flexibility index (Phi) is 7.77. The molecule has 3 aromatic rings. The van der Waals surface area contributed by atoms with Gasteiger partial charge >= 0.3 is 0 Å². The van der Waals surface area contributed by atoms with Gasteiger partial charge in [-0.15, -0.1) is 0 Å². The van der Waals surface area contributed by atoms with Crippen molar-refractivity contribution >= 4 is 40.8 Å². The zero-order valence-corrected chi connectivity index (χ0v) is 20.1. The number of hydrogen-bond acceptors (Lipinski definition) is 6. The van der Waals surface area contributed by atoms with Gasteiger partial charge in [0.05, 0.1) is 42.2 Å². The summed E-state index contributed by atoms with van der Waals surface area (Å²) < 4.78 is 25.4. The second-order valence-electron chi connectivity index (χ2n) is 7.82. The first-order valence-corrected chi connectivity index (χ1v) is 11.4. The molecule has 2 amide bonds. The van der Waals surface area contributed by atoms with Crippen LogP contribution >= 0.6 is 11.6 Å². The van der Waals surface area contributed by atoms with Crippen molar-refractivity contribution in [3.8, 4) is 5.75 Å². The lowest BCUT2D eigenvalue weighted by Crippen LogP contribution is -2.40. The highest BCUT2D eigenvalue weighted by atomic mass is 35.5. The number of methoxy groups -OCH3 is 1. The fraction of sp³-hybridized carbons (Fsp3) is 0.200. The quantitative estimate of drug-likeness (QED) is 0.339. The van der Waals surface area contributed by atoms with Crippen LogP contribution in [0.2, 0.25) is 5.02 Å². The van der Waals surface area contributed by atoms with Crippen LogP contribution < -0.4 is 15.4 Å². The van der Waals surface area contributed by atoms with Crippen LogP contribution in [0, 0.1) is 11.2 Å². The van der Waals surface area contributed by atoms with Crippen molar-refractivity contribution in [1.82, 2.24) is 9.88 Å². The van der Waals surface area contributed by atoms with Gasteiger partial charge in [0.2, 0.25) is 0 Å². The number of rotatable bonds is 6.